The molecule has 0 saturated heterocycles. The molecule has 4 rings (SSSR count). The van der Waals surface area contributed by atoms with Crippen LogP contribution in [0.2, 0.25) is 5.02 Å². The summed E-state index contributed by atoms with van der Waals surface area (Å²) in [5.41, 5.74) is 1.21. The lowest BCUT2D eigenvalue weighted by atomic mass is 10.2. The third-order valence-corrected chi connectivity index (χ3v) is 4.69. The van der Waals surface area contributed by atoms with Crippen LogP contribution in [0.15, 0.2) is 47.0 Å². The number of nitrogens with one attached hydrogen (secondary N) is 1. The molecule has 0 radical (unpaired) electrons. The van der Waals surface area contributed by atoms with E-state index in [0.717, 1.165) is 29.1 Å². The fourth-order valence-corrected chi connectivity index (χ4v) is 3.10. The Morgan fingerprint density at radius 1 is 1.21 bits per heavy atom. The third kappa shape index (κ3) is 3.97. The number of H-pyrrole nitrogens is 1. The first-order valence-electron chi connectivity index (χ1n) is 8.72. The Bertz CT molecular complexity index is 1200. The van der Waals surface area contributed by atoms with E-state index in [-0.39, 0.29) is 18.5 Å². The molecule has 148 valence electrons. The lowest BCUT2D eigenvalue weighted by Gasteiger charge is -2.16. The molecule has 29 heavy (non-hydrogen) atoms. The van der Waals surface area contributed by atoms with Crippen molar-refractivity contribution in [2.24, 2.45) is 0 Å². The van der Waals surface area contributed by atoms with E-state index in [1.807, 2.05) is 18.2 Å². The number of aromatic amines is 1. The standard InChI is InChI=1S/C20H15ClF2N4O2/c1-27(20(28)14-10-13(22)3-4-15(14)23)7-6-18-25-19(29-26-18)17-9-11-8-12(21)2-5-16(11)24-17/h2-5,8-10,24H,6-7H2,1H3. The minimum absolute atomic E-state index is 0.204. The molecule has 2 aromatic heterocycles. The maximum absolute atomic E-state index is 13.8. The van der Waals surface area contributed by atoms with Crippen molar-refractivity contribution in [1.82, 2.24) is 20.0 Å². The van der Waals surface area contributed by atoms with Crippen LogP contribution in [0.25, 0.3) is 22.5 Å². The predicted octanol–water partition coefficient (Wildman–Crippen LogP) is 4.46. The molecule has 1 N–H and O–H groups in total. The van der Waals surface area contributed by atoms with Crippen LogP contribution < -0.4 is 0 Å². The Morgan fingerprint density at radius 2 is 2.03 bits per heavy atom. The van der Waals surface area contributed by atoms with E-state index in [1.165, 1.54) is 11.9 Å². The normalized spacial score (nSPS) is 11.2. The molecule has 0 atom stereocenters. The van der Waals surface area contributed by atoms with Crippen LogP contribution in [0.3, 0.4) is 0 Å². The van der Waals surface area contributed by atoms with Gasteiger partial charge in [0.1, 0.15) is 17.3 Å². The quantitative estimate of drug-likeness (QED) is 0.521. The highest BCUT2D eigenvalue weighted by atomic mass is 35.5. The monoisotopic (exact) mass is 416 g/mol. The molecule has 0 bridgehead atoms. The molecule has 0 spiro atoms. The van der Waals surface area contributed by atoms with E-state index in [4.69, 9.17) is 16.1 Å². The number of hydrogen-bond acceptors (Lipinski definition) is 4. The second-order valence-electron chi connectivity index (χ2n) is 6.53. The highest BCUT2D eigenvalue weighted by Crippen LogP contribution is 2.25. The Morgan fingerprint density at radius 3 is 2.86 bits per heavy atom. The molecule has 1 amide bonds. The van der Waals surface area contributed by atoms with Gasteiger partial charge in [-0.05, 0) is 42.5 Å². The predicted molar refractivity (Wildman–Crippen MR) is 104 cm³/mol. The number of likely N-dealkylation sites (N-methyl/N-ethyl adjacent to an activating group) is 1. The van der Waals surface area contributed by atoms with Gasteiger partial charge in [-0.2, -0.15) is 4.98 Å². The molecule has 0 saturated carbocycles. The molecular formula is C20H15ClF2N4O2. The van der Waals surface area contributed by atoms with Gasteiger partial charge >= 0.3 is 0 Å². The largest absolute Gasteiger partial charge is 0.351 e. The van der Waals surface area contributed by atoms with Gasteiger partial charge in [-0.1, -0.05) is 16.8 Å². The lowest BCUT2D eigenvalue weighted by Crippen LogP contribution is -2.29. The van der Waals surface area contributed by atoms with Crippen LogP contribution in [-0.2, 0) is 6.42 Å². The summed E-state index contributed by atoms with van der Waals surface area (Å²) in [5.74, 6) is -1.39. The number of rotatable bonds is 5. The first-order valence-corrected chi connectivity index (χ1v) is 9.10. The molecule has 0 aliphatic heterocycles. The number of carbonyl (C=O) groups is 1. The van der Waals surface area contributed by atoms with Gasteiger partial charge in [0.15, 0.2) is 5.82 Å². The van der Waals surface area contributed by atoms with Crippen molar-refractivity contribution in [3.05, 3.63) is 70.5 Å². The van der Waals surface area contributed by atoms with Crippen molar-refractivity contribution in [3.8, 4) is 11.6 Å². The first kappa shape index (κ1) is 19.1. The summed E-state index contributed by atoms with van der Waals surface area (Å²) >= 11 is 6.00. The van der Waals surface area contributed by atoms with Crippen LogP contribution in [0, 0.1) is 11.6 Å². The zero-order valence-electron chi connectivity index (χ0n) is 15.2. The smallest absolute Gasteiger partial charge is 0.274 e. The van der Waals surface area contributed by atoms with E-state index in [1.54, 1.807) is 6.07 Å². The van der Waals surface area contributed by atoms with Crippen LogP contribution in [-0.4, -0.2) is 39.5 Å². The Balaban J connectivity index is 1.44. The van der Waals surface area contributed by atoms with Gasteiger partial charge in [0, 0.05) is 35.9 Å². The average Bonchev–Trinajstić information content (AvgIpc) is 3.33. The third-order valence-electron chi connectivity index (χ3n) is 4.46. The van der Waals surface area contributed by atoms with Gasteiger partial charge < -0.3 is 14.4 Å². The van der Waals surface area contributed by atoms with Gasteiger partial charge in [-0.15, -0.1) is 0 Å². The van der Waals surface area contributed by atoms with E-state index < -0.39 is 17.5 Å². The van der Waals surface area contributed by atoms with E-state index in [0.29, 0.717) is 22.4 Å². The summed E-state index contributed by atoms with van der Waals surface area (Å²) in [6.45, 7) is 0.204. The van der Waals surface area contributed by atoms with Crippen LogP contribution >= 0.6 is 11.6 Å². The molecule has 2 aromatic carbocycles. The molecule has 0 aliphatic rings. The highest BCUT2D eigenvalue weighted by Gasteiger charge is 2.18. The second kappa shape index (κ2) is 7.63. The number of carbonyl (C=O) groups excluding carboxylic acids is 1. The second-order valence-corrected chi connectivity index (χ2v) is 6.97. The molecular weight excluding hydrogens is 402 g/mol. The van der Waals surface area contributed by atoms with Crippen molar-refractivity contribution < 1.29 is 18.1 Å². The van der Waals surface area contributed by atoms with E-state index in [2.05, 4.69) is 15.1 Å². The maximum atomic E-state index is 13.8. The Kier molecular flexibility index (Phi) is 5.02. The summed E-state index contributed by atoms with van der Waals surface area (Å²) < 4.78 is 32.4. The lowest BCUT2D eigenvalue weighted by molar-refractivity contribution is 0.0790. The van der Waals surface area contributed by atoms with Crippen molar-refractivity contribution in [1.29, 1.82) is 0 Å². The molecule has 4 aromatic rings. The number of benzene rings is 2. The van der Waals surface area contributed by atoms with Gasteiger partial charge in [0.05, 0.1) is 5.56 Å². The number of hydrogen-bond donors (Lipinski definition) is 1. The first-order chi connectivity index (χ1) is 13.9. The van der Waals surface area contributed by atoms with Crippen molar-refractivity contribution in [3.63, 3.8) is 0 Å². The summed E-state index contributed by atoms with van der Waals surface area (Å²) in [6.07, 6.45) is 0.286. The maximum Gasteiger partial charge on any atom is 0.274 e. The number of fused-ring (bicyclic) bond motifs is 1. The Hall–Kier alpha value is -3.26. The van der Waals surface area contributed by atoms with Gasteiger partial charge in [-0.3, -0.25) is 4.79 Å². The SMILES string of the molecule is CN(CCc1noc(-c2cc3cc(Cl)ccc3[nH]2)n1)C(=O)c1cc(F)ccc1F. The zero-order valence-corrected chi connectivity index (χ0v) is 16.0. The van der Waals surface area contributed by atoms with Crippen molar-refractivity contribution in [2.75, 3.05) is 13.6 Å². The summed E-state index contributed by atoms with van der Waals surface area (Å²) in [5, 5.41) is 5.45. The number of amides is 1. The number of nitrogens with zero attached hydrogens (tertiary/aromatic N) is 3. The summed E-state index contributed by atoms with van der Waals surface area (Å²) in [7, 11) is 1.50. The molecule has 0 aliphatic carbocycles. The number of aromatic nitrogens is 3. The van der Waals surface area contributed by atoms with Crippen LogP contribution in [0.4, 0.5) is 8.78 Å². The van der Waals surface area contributed by atoms with Crippen molar-refractivity contribution in [2.45, 2.75) is 6.42 Å². The molecule has 0 unspecified atom stereocenters. The summed E-state index contributed by atoms with van der Waals surface area (Å²) in [4.78, 5) is 21.1. The Labute approximate surface area is 169 Å². The number of halogens is 3. The molecule has 9 heteroatoms. The van der Waals surface area contributed by atoms with Gasteiger partial charge in [0.25, 0.3) is 11.8 Å². The van der Waals surface area contributed by atoms with Gasteiger partial charge in [-0.25, -0.2) is 8.78 Å². The van der Waals surface area contributed by atoms with Crippen molar-refractivity contribution >= 4 is 28.4 Å². The van der Waals surface area contributed by atoms with Crippen LogP contribution in [0.1, 0.15) is 16.2 Å². The fourth-order valence-electron chi connectivity index (χ4n) is 2.92. The minimum Gasteiger partial charge on any atom is -0.351 e. The summed E-state index contributed by atoms with van der Waals surface area (Å²) in [6, 6.07) is 10.1. The average molecular weight is 417 g/mol. The van der Waals surface area contributed by atoms with Gasteiger partial charge in [0.2, 0.25) is 0 Å². The minimum atomic E-state index is -0.774. The van der Waals surface area contributed by atoms with E-state index >= 15 is 0 Å². The fraction of sp³-hybridized carbons (Fsp3) is 0.150. The highest BCUT2D eigenvalue weighted by molar-refractivity contribution is 6.31. The zero-order chi connectivity index (χ0) is 20.5. The van der Waals surface area contributed by atoms with Crippen LogP contribution in [0.5, 0.6) is 0 Å². The molecule has 2 heterocycles. The topological polar surface area (TPSA) is 75.0 Å². The van der Waals surface area contributed by atoms with E-state index in [9.17, 15) is 13.6 Å². The molecule has 6 nitrogen and oxygen atoms in total. The molecule has 0 fully saturated rings.